The average Bonchev–Trinajstić information content (AvgIpc) is 2.54. The lowest BCUT2D eigenvalue weighted by Gasteiger charge is -2.07. The van der Waals surface area contributed by atoms with Gasteiger partial charge in [0.05, 0.1) is 14.2 Å². The highest BCUT2D eigenvalue weighted by molar-refractivity contribution is 5.65. The summed E-state index contributed by atoms with van der Waals surface area (Å²) in [5, 5.41) is 0. The number of rotatable bonds is 5. The van der Waals surface area contributed by atoms with E-state index in [2.05, 4.69) is 30.1 Å². The Morgan fingerprint density at radius 3 is 2.48 bits per heavy atom. The third-order valence-corrected chi connectivity index (χ3v) is 3.07. The van der Waals surface area contributed by atoms with Gasteiger partial charge in [-0.25, -0.2) is 0 Å². The number of benzene rings is 1. The molecule has 0 bridgehead atoms. The summed E-state index contributed by atoms with van der Waals surface area (Å²) in [6, 6.07) is 9.73. The summed E-state index contributed by atoms with van der Waals surface area (Å²) in [6.07, 6.45) is 9.77. The van der Waals surface area contributed by atoms with Crippen molar-refractivity contribution in [1.82, 2.24) is 4.98 Å². The first-order valence-electron chi connectivity index (χ1n) is 6.71. The summed E-state index contributed by atoms with van der Waals surface area (Å²) >= 11 is 0. The Morgan fingerprint density at radius 2 is 1.81 bits per heavy atom. The lowest BCUT2D eigenvalue weighted by molar-refractivity contribution is 0.393. The lowest BCUT2D eigenvalue weighted by Crippen LogP contribution is -1.89. The van der Waals surface area contributed by atoms with Gasteiger partial charge in [0.15, 0.2) is 0 Å². The van der Waals surface area contributed by atoms with Gasteiger partial charge in [0, 0.05) is 24.0 Å². The predicted octanol–water partition coefficient (Wildman–Crippen LogP) is 4.22. The zero-order valence-electron chi connectivity index (χ0n) is 12.5. The van der Waals surface area contributed by atoms with Gasteiger partial charge < -0.3 is 9.47 Å². The second kappa shape index (κ2) is 7.29. The fourth-order valence-corrected chi connectivity index (χ4v) is 1.93. The van der Waals surface area contributed by atoms with Gasteiger partial charge in [-0.2, -0.15) is 0 Å². The fourth-order valence-electron chi connectivity index (χ4n) is 1.93. The highest BCUT2D eigenvalue weighted by atomic mass is 16.5. The van der Waals surface area contributed by atoms with E-state index in [1.54, 1.807) is 26.6 Å². The molecular weight excluding hydrogens is 262 g/mol. The van der Waals surface area contributed by atoms with Crippen molar-refractivity contribution in [3.05, 3.63) is 65.5 Å². The SMILES string of the molecule is COc1ccc(/C=C(C)/C=C/c2ccncc2)c(OC)c1. The molecule has 1 aromatic carbocycles. The van der Waals surface area contributed by atoms with Gasteiger partial charge in [0.25, 0.3) is 0 Å². The topological polar surface area (TPSA) is 31.4 Å². The van der Waals surface area contributed by atoms with Crippen LogP contribution in [0.1, 0.15) is 18.1 Å². The monoisotopic (exact) mass is 281 g/mol. The van der Waals surface area contributed by atoms with Gasteiger partial charge >= 0.3 is 0 Å². The minimum absolute atomic E-state index is 0.786. The Morgan fingerprint density at radius 1 is 1.05 bits per heavy atom. The Kier molecular flexibility index (Phi) is 5.16. The summed E-state index contributed by atoms with van der Waals surface area (Å²) in [6.45, 7) is 2.06. The molecule has 1 heterocycles. The number of hydrogen-bond donors (Lipinski definition) is 0. The van der Waals surface area contributed by atoms with E-state index >= 15 is 0 Å². The Labute approximate surface area is 125 Å². The molecule has 0 saturated heterocycles. The summed E-state index contributed by atoms with van der Waals surface area (Å²) in [5.74, 6) is 1.58. The van der Waals surface area contributed by atoms with Crippen LogP contribution in [0.25, 0.3) is 12.2 Å². The van der Waals surface area contributed by atoms with Crippen LogP contribution in [0, 0.1) is 0 Å². The molecule has 3 nitrogen and oxygen atoms in total. The van der Waals surface area contributed by atoms with Crippen LogP contribution in [-0.4, -0.2) is 19.2 Å². The molecule has 21 heavy (non-hydrogen) atoms. The van der Waals surface area contributed by atoms with Crippen molar-refractivity contribution in [3.63, 3.8) is 0 Å². The minimum Gasteiger partial charge on any atom is -0.497 e. The quantitative estimate of drug-likeness (QED) is 0.769. The number of methoxy groups -OCH3 is 2. The van der Waals surface area contributed by atoms with Crippen LogP contribution in [-0.2, 0) is 0 Å². The van der Waals surface area contributed by atoms with E-state index in [1.165, 1.54) is 0 Å². The normalized spacial score (nSPS) is 11.7. The number of pyridine rings is 1. The van der Waals surface area contributed by atoms with Gasteiger partial charge in [-0.05, 0) is 42.8 Å². The second-order valence-electron chi connectivity index (χ2n) is 4.61. The first kappa shape index (κ1) is 14.9. The fraction of sp³-hybridized carbons (Fsp3) is 0.167. The Balaban J connectivity index is 2.20. The zero-order valence-corrected chi connectivity index (χ0v) is 12.5. The van der Waals surface area contributed by atoms with Crippen LogP contribution in [0.3, 0.4) is 0 Å². The van der Waals surface area contributed by atoms with Crippen LogP contribution in [0.4, 0.5) is 0 Å². The molecule has 108 valence electrons. The number of nitrogens with zero attached hydrogens (tertiary/aromatic N) is 1. The summed E-state index contributed by atoms with van der Waals surface area (Å²) in [5.41, 5.74) is 3.28. The molecule has 0 N–H and O–H groups in total. The van der Waals surface area contributed by atoms with Crippen LogP contribution in [0.15, 0.2) is 54.4 Å². The molecule has 0 aliphatic rings. The number of allylic oxidation sites excluding steroid dienone is 2. The molecule has 0 unspecified atom stereocenters. The maximum Gasteiger partial charge on any atom is 0.129 e. The lowest BCUT2D eigenvalue weighted by atomic mass is 10.1. The van der Waals surface area contributed by atoms with Crippen molar-refractivity contribution in [3.8, 4) is 11.5 Å². The Hall–Kier alpha value is -2.55. The molecule has 0 aliphatic carbocycles. The zero-order chi connectivity index (χ0) is 15.1. The van der Waals surface area contributed by atoms with Crippen molar-refractivity contribution < 1.29 is 9.47 Å². The third-order valence-electron chi connectivity index (χ3n) is 3.07. The molecule has 0 fully saturated rings. The van der Waals surface area contributed by atoms with E-state index in [9.17, 15) is 0 Å². The maximum atomic E-state index is 5.39. The van der Waals surface area contributed by atoms with Crippen molar-refractivity contribution in [2.45, 2.75) is 6.92 Å². The Bertz CT molecular complexity index is 646. The highest BCUT2D eigenvalue weighted by Crippen LogP contribution is 2.26. The van der Waals surface area contributed by atoms with E-state index < -0.39 is 0 Å². The first-order valence-corrected chi connectivity index (χ1v) is 6.71. The van der Waals surface area contributed by atoms with Crippen LogP contribution in [0.2, 0.25) is 0 Å². The molecule has 1 aromatic heterocycles. The van der Waals surface area contributed by atoms with Crippen LogP contribution in [0.5, 0.6) is 11.5 Å². The number of hydrogen-bond acceptors (Lipinski definition) is 3. The van der Waals surface area contributed by atoms with E-state index in [4.69, 9.17) is 9.47 Å². The third kappa shape index (κ3) is 4.21. The molecule has 0 amide bonds. The molecule has 0 aliphatic heterocycles. The van der Waals surface area contributed by atoms with E-state index in [1.807, 2.05) is 30.3 Å². The van der Waals surface area contributed by atoms with Gasteiger partial charge in [-0.3, -0.25) is 4.98 Å². The molecule has 2 aromatic rings. The molecule has 2 rings (SSSR count). The molecule has 0 radical (unpaired) electrons. The number of aromatic nitrogens is 1. The van der Waals surface area contributed by atoms with Crippen LogP contribution < -0.4 is 9.47 Å². The smallest absolute Gasteiger partial charge is 0.129 e. The van der Waals surface area contributed by atoms with E-state index in [0.717, 1.165) is 28.2 Å². The molecular formula is C18H19NO2. The highest BCUT2D eigenvalue weighted by Gasteiger charge is 2.02. The summed E-state index contributed by atoms with van der Waals surface area (Å²) in [4.78, 5) is 4.00. The van der Waals surface area contributed by atoms with Gasteiger partial charge in [-0.15, -0.1) is 0 Å². The average molecular weight is 281 g/mol. The summed E-state index contributed by atoms with van der Waals surface area (Å²) < 4.78 is 10.6. The van der Waals surface area contributed by atoms with Crippen molar-refractivity contribution in [1.29, 1.82) is 0 Å². The van der Waals surface area contributed by atoms with Gasteiger partial charge in [0.2, 0.25) is 0 Å². The summed E-state index contributed by atoms with van der Waals surface area (Å²) in [7, 11) is 3.31. The molecule has 0 spiro atoms. The van der Waals surface area contributed by atoms with Crippen LogP contribution >= 0.6 is 0 Å². The molecule has 0 saturated carbocycles. The van der Waals surface area contributed by atoms with Crippen molar-refractivity contribution in [2.75, 3.05) is 14.2 Å². The van der Waals surface area contributed by atoms with E-state index in [0.29, 0.717) is 0 Å². The first-order chi connectivity index (χ1) is 10.2. The van der Waals surface area contributed by atoms with Gasteiger partial charge in [0.1, 0.15) is 11.5 Å². The van der Waals surface area contributed by atoms with Gasteiger partial charge in [-0.1, -0.05) is 17.7 Å². The van der Waals surface area contributed by atoms with Crippen molar-refractivity contribution >= 4 is 12.2 Å². The van der Waals surface area contributed by atoms with E-state index in [-0.39, 0.29) is 0 Å². The molecule has 3 heteroatoms. The standard InChI is InChI=1S/C18H19NO2/c1-14(4-5-15-8-10-19-11-9-15)12-16-6-7-17(20-2)13-18(16)21-3/h4-13H,1-3H3/b5-4+,14-12+. The molecule has 0 atom stereocenters. The maximum absolute atomic E-state index is 5.39. The van der Waals surface area contributed by atoms with Crippen molar-refractivity contribution in [2.24, 2.45) is 0 Å². The minimum atomic E-state index is 0.786. The second-order valence-corrected chi connectivity index (χ2v) is 4.61. The number of ether oxygens (including phenoxy) is 2. The largest absolute Gasteiger partial charge is 0.497 e. The predicted molar refractivity (Wildman–Crippen MR) is 86.5 cm³/mol.